The van der Waals surface area contributed by atoms with Gasteiger partial charge in [-0.15, -0.1) is 0 Å². The molecule has 0 spiro atoms. The number of benzene rings is 1. The van der Waals surface area contributed by atoms with Crippen LogP contribution in [0.25, 0.3) is 11.4 Å². The van der Waals surface area contributed by atoms with Gasteiger partial charge in [-0.2, -0.15) is 15.1 Å². The second kappa shape index (κ2) is 10.4. The van der Waals surface area contributed by atoms with Crippen molar-refractivity contribution in [3.05, 3.63) is 59.6 Å². The molecule has 4 heterocycles. The summed E-state index contributed by atoms with van der Waals surface area (Å²) in [5.41, 5.74) is 2.94. The van der Waals surface area contributed by atoms with Gasteiger partial charge in [-0.05, 0) is 42.6 Å². The molecule has 198 valence electrons. The molecule has 0 saturated heterocycles. The second-order valence-corrected chi connectivity index (χ2v) is 10.7. The minimum Gasteiger partial charge on any atom is -0.331 e. The van der Waals surface area contributed by atoms with E-state index in [0.717, 1.165) is 37.2 Å². The molecule has 0 fully saturated rings. The van der Waals surface area contributed by atoms with Crippen molar-refractivity contribution in [1.82, 2.24) is 39.8 Å². The summed E-state index contributed by atoms with van der Waals surface area (Å²) in [6, 6.07) is 8.10. The van der Waals surface area contributed by atoms with Crippen molar-refractivity contribution in [3.63, 3.8) is 0 Å². The number of fused-ring (bicyclic) bond motifs is 1. The Kier molecular flexibility index (Phi) is 7.02. The highest BCUT2D eigenvalue weighted by Crippen LogP contribution is 2.34. The van der Waals surface area contributed by atoms with Crippen LogP contribution >= 0.6 is 0 Å². The Morgan fingerprint density at radius 1 is 1.18 bits per heavy atom. The Morgan fingerprint density at radius 2 is 2.03 bits per heavy atom. The molecule has 4 aromatic rings. The van der Waals surface area contributed by atoms with Crippen molar-refractivity contribution >= 4 is 17.5 Å². The van der Waals surface area contributed by atoms with Gasteiger partial charge in [0, 0.05) is 43.3 Å². The van der Waals surface area contributed by atoms with Gasteiger partial charge >= 0.3 is 0 Å². The molecule has 0 radical (unpaired) electrons. The van der Waals surface area contributed by atoms with E-state index < -0.39 is 0 Å². The number of aryl methyl sites for hydroxylation is 1. The van der Waals surface area contributed by atoms with Crippen LogP contribution in [0.1, 0.15) is 74.1 Å². The van der Waals surface area contributed by atoms with Crippen molar-refractivity contribution in [2.45, 2.75) is 58.4 Å². The fourth-order valence-corrected chi connectivity index (χ4v) is 4.62. The van der Waals surface area contributed by atoms with Crippen LogP contribution in [-0.4, -0.2) is 58.6 Å². The zero-order valence-corrected chi connectivity index (χ0v) is 22.5. The first-order chi connectivity index (χ1) is 18.2. The van der Waals surface area contributed by atoms with E-state index in [1.165, 1.54) is 11.9 Å². The third kappa shape index (κ3) is 5.62. The normalized spacial score (nSPS) is 16.2. The molecule has 0 unspecified atom stereocenters. The number of carbonyl (C=O) groups excluding carboxylic acids is 1. The van der Waals surface area contributed by atoms with E-state index >= 15 is 0 Å². The molecule has 0 aliphatic carbocycles. The highest BCUT2D eigenvalue weighted by Gasteiger charge is 2.29. The second-order valence-electron chi connectivity index (χ2n) is 10.7. The molecule has 1 aliphatic heterocycles. The van der Waals surface area contributed by atoms with Crippen LogP contribution in [0.15, 0.2) is 41.3 Å². The number of anilines is 2. The monoisotopic (exact) mass is 515 g/mol. The summed E-state index contributed by atoms with van der Waals surface area (Å²) >= 11 is 0. The molecule has 3 aromatic heterocycles. The fourth-order valence-electron chi connectivity index (χ4n) is 4.62. The van der Waals surface area contributed by atoms with Gasteiger partial charge < -0.3 is 9.84 Å². The molecule has 0 amide bonds. The summed E-state index contributed by atoms with van der Waals surface area (Å²) in [5.74, 6) is 2.21. The molecule has 0 bridgehead atoms. The van der Waals surface area contributed by atoms with E-state index in [1.807, 2.05) is 46.1 Å². The number of hydrogen-bond acceptors (Lipinski definition) is 10. The molecule has 1 N–H and O–H groups in total. The summed E-state index contributed by atoms with van der Waals surface area (Å²) in [5, 5.41) is 11.5. The number of nitrogens with one attached hydrogen (secondary N) is 1. The maximum absolute atomic E-state index is 13.2. The van der Waals surface area contributed by atoms with E-state index in [2.05, 4.69) is 59.5 Å². The third-order valence-electron chi connectivity index (χ3n) is 6.77. The lowest BCUT2D eigenvalue weighted by molar-refractivity contribution is 0.0928. The van der Waals surface area contributed by atoms with Gasteiger partial charge in [-0.1, -0.05) is 45.0 Å². The van der Waals surface area contributed by atoms with E-state index in [-0.39, 0.29) is 23.0 Å². The summed E-state index contributed by atoms with van der Waals surface area (Å²) in [6.45, 7) is 10.8. The average Bonchev–Trinajstić information content (AvgIpc) is 3.51. The highest BCUT2D eigenvalue weighted by atomic mass is 16.5. The minimum absolute atomic E-state index is 0.0489. The maximum Gasteiger partial charge on any atom is 0.294 e. The molecule has 1 aromatic carbocycles. The zero-order valence-electron chi connectivity index (χ0n) is 22.5. The smallest absolute Gasteiger partial charge is 0.294 e. The molecular weight excluding hydrogens is 482 g/mol. The predicted molar refractivity (Wildman–Crippen MR) is 142 cm³/mol. The lowest BCUT2D eigenvalue weighted by Crippen LogP contribution is -2.22. The van der Waals surface area contributed by atoms with Gasteiger partial charge in [-0.25, -0.2) is 9.97 Å². The lowest BCUT2D eigenvalue weighted by Gasteiger charge is -2.18. The standard InChI is InChI=1S/C27H33N9O2/c1-6-36-12-9-17(14-21(37)24-32-25(34-38-24)27(2,3)4)20-8-7-18(13-19(20)15-36)23-28-16-29-26(31-23)30-22-10-11-35(5)33-22/h7-8,10-11,13,16-17H,6,9,12,14-15H2,1-5H3,(H,28,29,30,31,33)/t17-/m0/s1. The summed E-state index contributed by atoms with van der Waals surface area (Å²) in [7, 11) is 1.85. The predicted octanol–water partition coefficient (Wildman–Crippen LogP) is 4.28. The SMILES string of the molecule is CCN1CC[C@@H](CC(=O)c2nc(C(C)(C)C)no2)c2ccc(-c3ncnc(Nc4ccn(C)n4)n3)cc2C1. The van der Waals surface area contributed by atoms with E-state index in [0.29, 0.717) is 29.8 Å². The van der Waals surface area contributed by atoms with Gasteiger partial charge in [0.15, 0.2) is 17.5 Å². The van der Waals surface area contributed by atoms with E-state index in [9.17, 15) is 4.79 Å². The van der Waals surface area contributed by atoms with E-state index in [1.54, 1.807) is 4.68 Å². The number of hydrogen-bond donors (Lipinski definition) is 1. The van der Waals surface area contributed by atoms with Crippen molar-refractivity contribution in [2.24, 2.45) is 7.05 Å². The van der Waals surface area contributed by atoms with Crippen molar-refractivity contribution in [1.29, 1.82) is 0 Å². The molecule has 1 atom stereocenters. The van der Waals surface area contributed by atoms with Crippen molar-refractivity contribution in [2.75, 3.05) is 18.4 Å². The Balaban J connectivity index is 1.40. The average molecular weight is 516 g/mol. The van der Waals surface area contributed by atoms with Crippen molar-refractivity contribution < 1.29 is 9.32 Å². The largest absolute Gasteiger partial charge is 0.331 e. The van der Waals surface area contributed by atoms with Crippen LogP contribution in [0.2, 0.25) is 0 Å². The number of aromatic nitrogens is 7. The Hall–Kier alpha value is -3.99. The van der Waals surface area contributed by atoms with Crippen LogP contribution < -0.4 is 5.32 Å². The number of rotatable bonds is 7. The van der Waals surface area contributed by atoms with Crippen molar-refractivity contribution in [3.8, 4) is 11.4 Å². The Bertz CT molecular complexity index is 1440. The topological polar surface area (TPSA) is 128 Å². The molecule has 1 aliphatic rings. The summed E-state index contributed by atoms with van der Waals surface area (Å²) in [4.78, 5) is 33.2. The van der Waals surface area contributed by atoms with Gasteiger partial charge in [0.25, 0.3) is 5.89 Å². The molecule has 38 heavy (non-hydrogen) atoms. The quantitative estimate of drug-likeness (QED) is 0.356. The third-order valence-corrected chi connectivity index (χ3v) is 6.77. The molecule has 5 rings (SSSR count). The fraction of sp³-hybridized carbons (Fsp3) is 0.444. The zero-order chi connectivity index (χ0) is 26.9. The van der Waals surface area contributed by atoms with Gasteiger partial charge in [-0.3, -0.25) is 14.4 Å². The number of nitrogens with zero attached hydrogens (tertiary/aromatic N) is 8. The Labute approximate surface area is 221 Å². The van der Waals surface area contributed by atoms with Gasteiger partial charge in [0.2, 0.25) is 11.7 Å². The molecule has 11 nitrogen and oxygen atoms in total. The highest BCUT2D eigenvalue weighted by molar-refractivity contribution is 5.92. The Morgan fingerprint density at radius 3 is 2.74 bits per heavy atom. The summed E-state index contributed by atoms with van der Waals surface area (Å²) < 4.78 is 7.04. The first-order valence-electron chi connectivity index (χ1n) is 12.9. The molecule has 11 heteroatoms. The van der Waals surface area contributed by atoms with E-state index in [4.69, 9.17) is 4.52 Å². The van der Waals surface area contributed by atoms with Crippen LogP contribution in [-0.2, 0) is 19.0 Å². The maximum atomic E-state index is 13.2. The van der Waals surface area contributed by atoms with Crippen LogP contribution in [0.5, 0.6) is 0 Å². The van der Waals surface area contributed by atoms with Gasteiger partial charge in [0.1, 0.15) is 6.33 Å². The van der Waals surface area contributed by atoms with Gasteiger partial charge in [0.05, 0.1) is 0 Å². The first kappa shape index (κ1) is 25.7. The van der Waals surface area contributed by atoms with Crippen LogP contribution in [0.4, 0.5) is 11.8 Å². The van der Waals surface area contributed by atoms with Crippen LogP contribution in [0.3, 0.4) is 0 Å². The molecule has 0 saturated carbocycles. The number of ketones is 1. The minimum atomic E-state index is -0.281. The first-order valence-corrected chi connectivity index (χ1v) is 12.9. The molecular formula is C27H33N9O2. The lowest BCUT2D eigenvalue weighted by atomic mass is 9.87. The summed E-state index contributed by atoms with van der Waals surface area (Å²) in [6.07, 6.45) is 4.53. The number of carbonyl (C=O) groups is 1. The van der Waals surface area contributed by atoms with Crippen LogP contribution in [0, 0.1) is 0 Å². The number of Topliss-reactive ketones (excluding diaryl/α,β-unsaturated/α-hetero) is 1.